The normalized spacial score (nSPS) is 10.4. The summed E-state index contributed by atoms with van der Waals surface area (Å²) in [6.07, 6.45) is 1.85. The second kappa shape index (κ2) is 3.59. The number of rotatable bonds is 1. The van der Waals surface area contributed by atoms with Crippen LogP contribution in [0.1, 0.15) is 5.01 Å². The minimum atomic E-state index is 0.593. The molecule has 0 fully saturated rings. The molecule has 1 aromatic carbocycles. The number of aromatic nitrogens is 1. The highest BCUT2D eigenvalue weighted by Gasteiger charge is 2.03. The van der Waals surface area contributed by atoms with Crippen LogP contribution in [0.2, 0.25) is 5.02 Å². The lowest BCUT2D eigenvalue weighted by Gasteiger charge is -2.00. The molecule has 0 saturated heterocycles. The van der Waals surface area contributed by atoms with Gasteiger partial charge in [-0.2, -0.15) is 0 Å². The first-order valence-electron chi connectivity index (χ1n) is 4.14. The zero-order valence-corrected chi connectivity index (χ0v) is 9.19. The van der Waals surface area contributed by atoms with Gasteiger partial charge in [-0.05, 0) is 24.6 Å². The number of thiazole rings is 1. The van der Waals surface area contributed by atoms with Crippen LogP contribution in [0.3, 0.4) is 0 Å². The molecule has 0 aliphatic rings. The Hall–Kier alpha value is -1.06. The molecule has 1 heterocycles. The van der Waals surface area contributed by atoms with Gasteiger partial charge in [-0.25, -0.2) is 4.98 Å². The Morgan fingerprint density at radius 2 is 2.21 bits per heavy atom. The Balaban J connectivity index is 2.47. The number of hydrogen-bond donors (Lipinski definition) is 1. The largest absolute Gasteiger partial charge is 0.398 e. The van der Waals surface area contributed by atoms with E-state index in [4.69, 9.17) is 17.3 Å². The van der Waals surface area contributed by atoms with Gasteiger partial charge in [-0.15, -0.1) is 11.3 Å². The molecule has 0 radical (unpaired) electrons. The number of aryl methyl sites for hydroxylation is 1. The van der Waals surface area contributed by atoms with Crippen molar-refractivity contribution in [3.8, 4) is 10.4 Å². The van der Waals surface area contributed by atoms with Crippen LogP contribution in [-0.2, 0) is 0 Å². The molecule has 0 amide bonds. The molecule has 0 bridgehead atoms. The molecule has 2 nitrogen and oxygen atoms in total. The fourth-order valence-electron chi connectivity index (χ4n) is 1.19. The van der Waals surface area contributed by atoms with Crippen molar-refractivity contribution in [2.75, 3.05) is 5.73 Å². The second-order valence-electron chi connectivity index (χ2n) is 2.98. The van der Waals surface area contributed by atoms with E-state index in [1.807, 2.05) is 25.3 Å². The van der Waals surface area contributed by atoms with Gasteiger partial charge in [-0.1, -0.05) is 17.7 Å². The van der Waals surface area contributed by atoms with Crippen LogP contribution in [0.5, 0.6) is 0 Å². The summed E-state index contributed by atoms with van der Waals surface area (Å²) in [5.74, 6) is 0. The Bertz CT molecular complexity index is 465. The summed E-state index contributed by atoms with van der Waals surface area (Å²) in [6, 6.07) is 5.63. The Morgan fingerprint density at radius 3 is 2.79 bits per heavy atom. The summed E-state index contributed by atoms with van der Waals surface area (Å²) in [6.45, 7) is 1.98. The van der Waals surface area contributed by atoms with Crippen molar-refractivity contribution in [3.63, 3.8) is 0 Å². The van der Waals surface area contributed by atoms with Crippen LogP contribution in [0.25, 0.3) is 10.4 Å². The first-order valence-corrected chi connectivity index (χ1v) is 5.34. The average Bonchev–Trinajstić information content (AvgIpc) is 2.57. The highest BCUT2D eigenvalue weighted by Crippen LogP contribution is 2.30. The van der Waals surface area contributed by atoms with Crippen molar-refractivity contribution >= 4 is 28.6 Å². The van der Waals surface area contributed by atoms with Gasteiger partial charge in [-0.3, -0.25) is 0 Å². The van der Waals surface area contributed by atoms with Crippen LogP contribution in [-0.4, -0.2) is 4.98 Å². The van der Waals surface area contributed by atoms with Crippen molar-refractivity contribution in [3.05, 3.63) is 34.4 Å². The molecule has 0 saturated carbocycles. The molecule has 0 aliphatic carbocycles. The number of anilines is 1. The summed E-state index contributed by atoms with van der Waals surface area (Å²) < 4.78 is 0. The number of hydrogen-bond acceptors (Lipinski definition) is 3. The van der Waals surface area contributed by atoms with Gasteiger partial charge in [0.2, 0.25) is 0 Å². The highest BCUT2D eigenvalue weighted by atomic mass is 35.5. The zero-order chi connectivity index (χ0) is 10.1. The van der Waals surface area contributed by atoms with Crippen molar-refractivity contribution < 1.29 is 0 Å². The molecule has 2 rings (SSSR count). The summed E-state index contributed by atoms with van der Waals surface area (Å²) in [7, 11) is 0. The van der Waals surface area contributed by atoms with E-state index in [1.165, 1.54) is 0 Å². The van der Waals surface area contributed by atoms with Gasteiger partial charge < -0.3 is 5.73 Å². The summed E-state index contributed by atoms with van der Waals surface area (Å²) >= 11 is 7.48. The van der Waals surface area contributed by atoms with E-state index in [9.17, 15) is 0 Å². The molecule has 72 valence electrons. The van der Waals surface area contributed by atoms with Crippen LogP contribution in [0.4, 0.5) is 5.69 Å². The fraction of sp³-hybridized carbons (Fsp3) is 0.100. The fourth-order valence-corrected chi connectivity index (χ4v) is 2.08. The Labute approximate surface area is 91.4 Å². The van der Waals surface area contributed by atoms with Crippen LogP contribution >= 0.6 is 22.9 Å². The molecule has 0 unspecified atom stereocenters. The number of halogens is 1. The van der Waals surface area contributed by atoms with E-state index in [-0.39, 0.29) is 0 Å². The van der Waals surface area contributed by atoms with Gasteiger partial charge in [0, 0.05) is 6.20 Å². The lowest BCUT2D eigenvalue weighted by atomic mass is 10.2. The molecular weight excluding hydrogens is 216 g/mol. The summed E-state index contributed by atoms with van der Waals surface area (Å²) in [4.78, 5) is 5.31. The molecule has 0 spiro atoms. The Kier molecular flexibility index (Phi) is 2.44. The smallest absolute Gasteiger partial charge is 0.0900 e. The van der Waals surface area contributed by atoms with E-state index < -0.39 is 0 Å². The van der Waals surface area contributed by atoms with E-state index in [0.29, 0.717) is 10.7 Å². The number of nitrogens with two attached hydrogens (primary N) is 1. The SMILES string of the molecule is Cc1ncc(-c2ccc(Cl)c(N)c2)s1. The topological polar surface area (TPSA) is 38.9 Å². The standard InChI is InChI=1S/C10H9ClN2S/c1-6-13-5-10(14-6)7-2-3-8(11)9(12)4-7/h2-5H,12H2,1H3. The quantitative estimate of drug-likeness (QED) is 0.755. The zero-order valence-electron chi connectivity index (χ0n) is 7.62. The molecule has 0 aliphatic heterocycles. The molecule has 2 aromatic rings. The maximum atomic E-state index is 5.84. The van der Waals surface area contributed by atoms with Gasteiger partial charge in [0.05, 0.1) is 20.6 Å². The van der Waals surface area contributed by atoms with E-state index in [0.717, 1.165) is 15.4 Å². The molecule has 2 N–H and O–H groups in total. The van der Waals surface area contributed by atoms with Gasteiger partial charge >= 0.3 is 0 Å². The number of benzene rings is 1. The van der Waals surface area contributed by atoms with Gasteiger partial charge in [0.15, 0.2) is 0 Å². The van der Waals surface area contributed by atoms with Gasteiger partial charge in [0.25, 0.3) is 0 Å². The predicted molar refractivity (Wildman–Crippen MR) is 61.7 cm³/mol. The molecule has 4 heteroatoms. The van der Waals surface area contributed by atoms with Crippen molar-refractivity contribution in [1.82, 2.24) is 4.98 Å². The van der Waals surface area contributed by atoms with Crippen molar-refractivity contribution in [2.45, 2.75) is 6.92 Å². The summed E-state index contributed by atoms with van der Waals surface area (Å²) in [5.41, 5.74) is 7.39. The number of nitrogens with zero attached hydrogens (tertiary/aromatic N) is 1. The average molecular weight is 225 g/mol. The Morgan fingerprint density at radius 1 is 1.43 bits per heavy atom. The monoisotopic (exact) mass is 224 g/mol. The van der Waals surface area contributed by atoms with Crippen LogP contribution in [0.15, 0.2) is 24.4 Å². The second-order valence-corrected chi connectivity index (χ2v) is 4.62. The van der Waals surface area contributed by atoms with E-state index >= 15 is 0 Å². The third kappa shape index (κ3) is 1.74. The summed E-state index contributed by atoms with van der Waals surface area (Å²) in [5, 5.41) is 1.64. The van der Waals surface area contributed by atoms with Gasteiger partial charge in [0.1, 0.15) is 0 Å². The van der Waals surface area contributed by atoms with Crippen molar-refractivity contribution in [1.29, 1.82) is 0 Å². The predicted octanol–water partition coefficient (Wildman–Crippen LogP) is 3.35. The van der Waals surface area contributed by atoms with Crippen LogP contribution in [0, 0.1) is 6.92 Å². The first-order chi connectivity index (χ1) is 6.66. The molecular formula is C10H9ClN2S. The number of nitrogen functional groups attached to an aromatic ring is 1. The van der Waals surface area contributed by atoms with E-state index in [2.05, 4.69) is 4.98 Å². The van der Waals surface area contributed by atoms with Crippen LogP contribution < -0.4 is 5.73 Å². The first kappa shape index (κ1) is 9.49. The van der Waals surface area contributed by atoms with E-state index in [1.54, 1.807) is 17.4 Å². The lowest BCUT2D eigenvalue weighted by Crippen LogP contribution is -1.85. The third-order valence-electron chi connectivity index (χ3n) is 1.90. The maximum Gasteiger partial charge on any atom is 0.0900 e. The lowest BCUT2D eigenvalue weighted by molar-refractivity contribution is 1.30. The third-order valence-corrected chi connectivity index (χ3v) is 3.21. The van der Waals surface area contributed by atoms with Crippen molar-refractivity contribution in [2.24, 2.45) is 0 Å². The molecule has 0 atom stereocenters. The minimum Gasteiger partial charge on any atom is -0.398 e. The maximum absolute atomic E-state index is 5.84. The molecule has 1 aromatic heterocycles. The molecule has 14 heavy (non-hydrogen) atoms. The highest BCUT2D eigenvalue weighted by molar-refractivity contribution is 7.15. The minimum absolute atomic E-state index is 0.593.